The highest BCUT2D eigenvalue weighted by molar-refractivity contribution is 5.21. The Bertz CT molecular complexity index is 273. The number of hydrogen-bond acceptors (Lipinski definition) is 2. The van der Waals surface area contributed by atoms with Gasteiger partial charge in [-0.15, -0.1) is 0 Å². The van der Waals surface area contributed by atoms with Gasteiger partial charge in [0, 0.05) is 0 Å². The molecule has 64 valence electrons. The average Bonchev–Trinajstić information content (AvgIpc) is 2.92. The number of hydrogen-bond donors (Lipinski definition) is 0. The molecule has 0 spiro atoms. The highest BCUT2D eigenvalue weighted by Gasteiger charge is 2.74. The summed E-state index contributed by atoms with van der Waals surface area (Å²) in [5.41, 5.74) is 0. The third-order valence-corrected chi connectivity index (χ3v) is 4.99. The molecule has 3 saturated carbocycles. The predicted octanol–water partition coefficient (Wildman–Crippen LogP) is 0.807. The molecule has 5 rings (SSSR count). The molecule has 5 aliphatic rings. The molecule has 2 aliphatic heterocycles. The molecule has 5 fully saturated rings. The zero-order chi connectivity index (χ0) is 7.45. The fraction of sp³-hybridized carbons (Fsp3) is 1.00. The summed E-state index contributed by atoms with van der Waals surface area (Å²) in [6, 6.07) is 0. The lowest BCUT2D eigenvalue weighted by molar-refractivity contribution is 0.162. The van der Waals surface area contributed by atoms with Gasteiger partial charge < -0.3 is 9.47 Å². The van der Waals surface area contributed by atoms with Crippen LogP contribution in [-0.2, 0) is 9.47 Å². The van der Waals surface area contributed by atoms with Gasteiger partial charge in [0.15, 0.2) is 0 Å². The van der Waals surface area contributed by atoms with E-state index in [9.17, 15) is 0 Å². The van der Waals surface area contributed by atoms with Crippen molar-refractivity contribution >= 4 is 0 Å². The Hall–Kier alpha value is -0.0800. The van der Waals surface area contributed by atoms with Crippen LogP contribution in [0.1, 0.15) is 12.8 Å². The summed E-state index contributed by atoms with van der Waals surface area (Å²) < 4.78 is 11.3. The van der Waals surface area contributed by atoms with Gasteiger partial charge in [0.05, 0.1) is 24.4 Å². The molecule has 0 radical (unpaired) electrons. The Morgan fingerprint density at radius 3 is 2.67 bits per heavy atom. The van der Waals surface area contributed by atoms with E-state index in [1.807, 2.05) is 0 Å². The Morgan fingerprint density at radius 1 is 0.750 bits per heavy atom. The number of fused-ring (bicyclic) bond motifs is 10. The third-order valence-electron chi connectivity index (χ3n) is 4.99. The van der Waals surface area contributed by atoms with E-state index in [4.69, 9.17) is 9.47 Å². The molecular formula is C10H12O2. The Labute approximate surface area is 71.2 Å². The van der Waals surface area contributed by atoms with Crippen LogP contribution < -0.4 is 0 Å². The Kier molecular flexibility index (Phi) is 0.644. The summed E-state index contributed by atoms with van der Waals surface area (Å²) >= 11 is 0. The maximum Gasteiger partial charge on any atom is 0.0876 e. The first-order chi connectivity index (χ1) is 5.93. The lowest BCUT2D eigenvalue weighted by Gasteiger charge is -2.22. The molecule has 2 saturated heterocycles. The second-order valence-corrected chi connectivity index (χ2v) is 5.24. The van der Waals surface area contributed by atoms with E-state index in [0.29, 0.717) is 24.4 Å². The van der Waals surface area contributed by atoms with Crippen LogP contribution in [0.3, 0.4) is 0 Å². The minimum absolute atomic E-state index is 0.676. The standard InChI is InChI=1S/C10H12O2/c1-4-3-2-6-10(11-6)7(3)5(1)9-8(4)12-9/h3-10H,1-2H2/t3-,4+,5-,6+,7-,8+,9-,10+/m1/s1. The third kappa shape index (κ3) is 0.409. The van der Waals surface area contributed by atoms with Gasteiger partial charge in [-0.1, -0.05) is 0 Å². The van der Waals surface area contributed by atoms with Gasteiger partial charge in [0.25, 0.3) is 0 Å². The predicted molar refractivity (Wildman–Crippen MR) is 40.5 cm³/mol. The summed E-state index contributed by atoms with van der Waals surface area (Å²) in [6.07, 6.45) is 5.58. The van der Waals surface area contributed by atoms with Crippen LogP contribution in [-0.4, -0.2) is 24.4 Å². The molecule has 0 aromatic heterocycles. The van der Waals surface area contributed by atoms with Crippen LogP contribution in [0, 0.1) is 23.7 Å². The zero-order valence-corrected chi connectivity index (χ0v) is 6.85. The highest BCUT2D eigenvalue weighted by Crippen LogP contribution is 2.69. The fourth-order valence-corrected chi connectivity index (χ4v) is 4.58. The van der Waals surface area contributed by atoms with Crippen molar-refractivity contribution in [3.63, 3.8) is 0 Å². The quantitative estimate of drug-likeness (QED) is 0.495. The van der Waals surface area contributed by atoms with E-state index in [0.717, 1.165) is 23.7 Å². The summed E-state index contributed by atoms with van der Waals surface area (Å²) in [5.74, 6) is 3.77. The molecule has 0 aromatic rings. The topological polar surface area (TPSA) is 25.1 Å². The average molecular weight is 164 g/mol. The molecule has 2 heterocycles. The van der Waals surface area contributed by atoms with Crippen molar-refractivity contribution in [2.24, 2.45) is 23.7 Å². The molecule has 0 amide bonds. The monoisotopic (exact) mass is 164 g/mol. The minimum atomic E-state index is 0.676. The lowest BCUT2D eigenvalue weighted by atomic mass is 9.81. The summed E-state index contributed by atoms with van der Waals surface area (Å²) in [7, 11) is 0. The van der Waals surface area contributed by atoms with E-state index in [-0.39, 0.29) is 0 Å². The van der Waals surface area contributed by atoms with Crippen molar-refractivity contribution in [3.8, 4) is 0 Å². The lowest BCUT2D eigenvalue weighted by Crippen LogP contribution is -2.27. The molecule has 2 heteroatoms. The van der Waals surface area contributed by atoms with Crippen LogP contribution in [0.5, 0.6) is 0 Å². The maximum absolute atomic E-state index is 5.69. The number of ether oxygens (including phenoxy) is 2. The number of rotatable bonds is 0. The first-order valence-electron chi connectivity index (χ1n) is 5.24. The van der Waals surface area contributed by atoms with Crippen molar-refractivity contribution in [2.45, 2.75) is 37.3 Å². The minimum Gasteiger partial charge on any atom is -0.369 e. The molecule has 0 unspecified atom stereocenters. The molecule has 8 atom stereocenters. The Morgan fingerprint density at radius 2 is 1.67 bits per heavy atom. The summed E-state index contributed by atoms with van der Waals surface area (Å²) in [6.45, 7) is 0. The second-order valence-electron chi connectivity index (χ2n) is 5.24. The van der Waals surface area contributed by atoms with Crippen LogP contribution in [0.15, 0.2) is 0 Å². The van der Waals surface area contributed by atoms with Crippen LogP contribution in [0.25, 0.3) is 0 Å². The maximum atomic E-state index is 5.69. The fourth-order valence-electron chi connectivity index (χ4n) is 4.58. The van der Waals surface area contributed by atoms with E-state index < -0.39 is 0 Å². The molecule has 12 heavy (non-hydrogen) atoms. The van der Waals surface area contributed by atoms with Gasteiger partial charge in [0.1, 0.15) is 0 Å². The number of epoxide rings is 2. The van der Waals surface area contributed by atoms with Crippen LogP contribution in [0.2, 0.25) is 0 Å². The molecule has 2 nitrogen and oxygen atoms in total. The van der Waals surface area contributed by atoms with E-state index in [1.165, 1.54) is 12.8 Å². The van der Waals surface area contributed by atoms with Gasteiger partial charge in [0.2, 0.25) is 0 Å². The van der Waals surface area contributed by atoms with Gasteiger partial charge in [-0.3, -0.25) is 0 Å². The first-order valence-corrected chi connectivity index (χ1v) is 5.24. The van der Waals surface area contributed by atoms with E-state index in [1.54, 1.807) is 0 Å². The van der Waals surface area contributed by atoms with Gasteiger partial charge in [-0.2, -0.15) is 0 Å². The van der Waals surface area contributed by atoms with Crippen LogP contribution in [0.4, 0.5) is 0 Å². The smallest absolute Gasteiger partial charge is 0.0876 e. The van der Waals surface area contributed by atoms with Crippen molar-refractivity contribution in [3.05, 3.63) is 0 Å². The van der Waals surface area contributed by atoms with Crippen LogP contribution >= 0.6 is 0 Å². The van der Waals surface area contributed by atoms with E-state index in [2.05, 4.69) is 0 Å². The normalized spacial score (nSPS) is 80.0. The summed E-state index contributed by atoms with van der Waals surface area (Å²) in [5, 5.41) is 0. The van der Waals surface area contributed by atoms with E-state index >= 15 is 0 Å². The first kappa shape index (κ1) is 5.61. The second kappa shape index (κ2) is 1.38. The highest BCUT2D eigenvalue weighted by atomic mass is 16.6. The summed E-state index contributed by atoms with van der Waals surface area (Å²) in [4.78, 5) is 0. The zero-order valence-electron chi connectivity index (χ0n) is 6.85. The van der Waals surface area contributed by atoms with Crippen molar-refractivity contribution in [1.29, 1.82) is 0 Å². The molecular weight excluding hydrogens is 152 g/mol. The molecule has 0 N–H and O–H groups in total. The molecule has 0 aromatic carbocycles. The largest absolute Gasteiger partial charge is 0.369 e. The van der Waals surface area contributed by atoms with Crippen molar-refractivity contribution in [2.75, 3.05) is 0 Å². The molecule has 3 aliphatic carbocycles. The van der Waals surface area contributed by atoms with Gasteiger partial charge >= 0.3 is 0 Å². The van der Waals surface area contributed by atoms with Crippen molar-refractivity contribution < 1.29 is 9.47 Å². The molecule has 2 bridgehead atoms. The SMILES string of the molecule is C1[C@H]2[C@H]3C[C@@H]4O[C@@H]4[C@H]3[C@@H]1[C@H]1O[C@@H]21. The van der Waals surface area contributed by atoms with Crippen molar-refractivity contribution in [1.82, 2.24) is 0 Å². The Balaban J connectivity index is 1.66. The van der Waals surface area contributed by atoms with Gasteiger partial charge in [-0.25, -0.2) is 0 Å². The van der Waals surface area contributed by atoms with Gasteiger partial charge in [-0.05, 0) is 36.5 Å².